The number of carbonyl (C=O) groups is 1. The predicted octanol–water partition coefficient (Wildman–Crippen LogP) is -0.580. The van der Waals surface area contributed by atoms with E-state index in [2.05, 4.69) is 5.32 Å². The molecule has 3 heteroatoms. The molecule has 0 aromatic rings. The number of hydrogen-bond acceptors (Lipinski definition) is 3. The van der Waals surface area contributed by atoms with Gasteiger partial charge in [-0.2, -0.15) is 0 Å². The van der Waals surface area contributed by atoms with Crippen molar-refractivity contribution in [3.63, 3.8) is 0 Å². The Kier molecular flexibility index (Phi) is 4.50. The average molecular weight is 117 g/mol. The molecule has 0 fully saturated rings. The number of nitrogens with one attached hydrogen (secondary N) is 1. The van der Waals surface area contributed by atoms with E-state index < -0.39 is 0 Å². The molecule has 3 nitrogen and oxygen atoms in total. The molecule has 0 aliphatic heterocycles. The number of likely N-dealkylation sites (N-methyl/N-ethyl adjacent to an activating group) is 1. The van der Waals surface area contributed by atoms with Gasteiger partial charge < -0.3 is 14.8 Å². The second kappa shape index (κ2) is 4.74. The van der Waals surface area contributed by atoms with Gasteiger partial charge in [-0.25, -0.2) is 0 Å². The highest BCUT2D eigenvalue weighted by atomic mass is 16.5. The molecular weight excluding hydrogens is 106 g/mol. The average Bonchev–Trinajstić information content (AvgIpc) is 1.83. The Morgan fingerprint density at radius 2 is 2.50 bits per heavy atom. The van der Waals surface area contributed by atoms with Gasteiger partial charge in [-0.1, -0.05) is 0 Å². The molecule has 1 N–H and O–H groups in total. The minimum atomic E-state index is -0.153. The summed E-state index contributed by atoms with van der Waals surface area (Å²) >= 11 is 0. The van der Waals surface area contributed by atoms with E-state index in [1.165, 1.54) is 0 Å². The normalized spacial score (nSPS) is 13.2. The smallest absolute Gasteiger partial charge is 0.139 e. The molecule has 0 bridgehead atoms. The molecule has 0 radical (unpaired) electrons. The predicted molar refractivity (Wildman–Crippen MR) is 30.8 cm³/mol. The van der Waals surface area contributed by atoms with E-state index in [-0.39, 0.29) is 6.04 Å². The number of ether oxygens (including phenoxy) is 1. The van der Waals surface area contributed by atoms with Gasteiger partial charge in [0.25, 0.3) is 0 Å². The summed E-state index contributed by atoms with van der Waals surface area (Å²) in [4.78, 5) is 9.98. The summed E-state index contributed by atoms with van der Waals surface area (Å²) in [5, 5.41) is 2.76. The molecule has 0 heterocycles. The SMILES string of the molecule is CNC(C=O)COC. The van der Waals surface area contributed by atoms with Crippen LogP contribution < -0.4 is 5.32 Å². The van der Waals surface area contributed by atoms with Gasteiger partial charge in [0, 0.05) is 7.11 Å². The van der Waals surface area contributed by atoms with Gasteiger partial charge in [-0.3, -0.25) is 0 Å². The topological polar surface area (TPSA) is 38.3 Å². The van der Waals surface area contributed by atoms with Crippen LogP contribution in [0.5, 0.6) is 0 Å². The molecular formula is C5H11NO2. The molecule has 0 rings (SSSR count). The summed E-state index contributed by atoms with van der Waals surface area (Å²) in [7, 11) is 3.28. The highest BCUT2D eigenvalue weighted by Gasteiger charge is 1.99. The number of hydrogen-bond donors (Lipinski definition) is 1. The third-order valence-electron chi connectivity index (χ3n) is 0.881. The lowest BCUT2D eigenvalue weighted by atomic mass is 10.4. The Morgan fingerprint density at radius 1 is 1.88 bits per heavy atom. The lowest BCUT2D eigenvalue weighted by molar-refractivity contribution is -0.110. The zero-order chi connectivity index (χ0) is 6.41. The van der Waals surface area contributed by atoms with Crippen LogP contribution in [0.3, 0.4) is 0 Å². The number of rotatable bonds is 4. The maximum Gasteiger partial charge on any atom is 0.139 e. The van der Waals surface area contributed by atoms with Gasteiger partial charge in [-0.15, -0.1) is 0 Å². The standard InChI is InChI=1S/C5H11NO2/c1-6-5(3-7)4-8-2/h3,5-6H,4H2,1-2H3. The first-order valence-corrected chi connectivity index (χ1v) is 2.46. The molecule has 0 amide bonds. The van der Waals surface area contributed by atoms with Crippen molar-refractivity contribution in [1.29, 1.82) is 0 Å². The highest BCUT2D eigenvalue weighted by molar-refractivity contribution is 5.57. The third kappa shape index (κ3) is 2.71. The molecule has 8 heavy (non-hydrogen) atoms. The molecule has 0 spiro atoms. The number of carbonyl (C=O) groups excluding carboxylic acids is 1. The molecule has 0 saturated carbocycles. The third-order valence-corrected chi connectivity index (χ3v) is 0.881. The van der Waals surface area contributed by atoms with Gasteiger partial charge in [0.05, 0.1) is 12.6 Å². The molecule has 0 saturated heterocycles. The Hall–Kier alpha value is -0.410. The summed E-state index contributed by atoms with van der Waals surface area (Å²) in [6, 6.07) is -0.153. The van der Waals surface area contributed by atoms with Crippen molar-refractivity contribution in [1.82, 2.24) is 5.32 Å². The van der Waals surface area contributed by atoms with Crippen molar-refractivity contribution in [3.8, 4) is 0 Å². The molecule has 0 aromatic heterocycles. The fraction of sp³-hybridized carbons (Fsp3) is 0.800. The van der Waals surface area contributed by atoms with Crippen LogP contribution in [-0.4, -0.2) is 33.1 Å². The van der Waals surface area contributed by atoms with Crippen LogP contribution >= 0.6 is 0 Å². The number of methoxy groups -OCH3 is 1. The first-order chi connectivity index (χ1) is 3.85. The van der Waals surface area contributed by atoms with Gasteiger partial charge in [0.2, 0.25) is 0 Å². The minimum Gasteiger partial charge on any atom is -0.383 e. The summed E-state index contributed by atoms with van der Waals surface area (Å²) in [5.74, 6) is 0. The summed E-state index contributed by atoms with van der Waals surface area (Å²) in [5.41, 5.74) is 0. The van der Waals surface area contributed by atoms with Crippen LogP contribution in [0, 0.1) is 0 Å². The van der Waals surface area contributed by atoms with E-state index in [9.17, 15) is 4.79 Å². The zero-order valence-corrected chi connectivity index (χ0v) is 5.18. The molecule has 0 aliphatic carbocycles. The fourth-order valence-corrected chi connectivity index (χ4v) is 0.370. The lowest BCUT2D eigenvalue weighted by Crippen LogP contribution is -2.30. The highest BCUT2D eigenvalue weighted by Crippen LogP contribution is 1.74. The maximum atomic E-state index is 9.98. The van der Waals surface area contributed by atoms with Crippen LogP contribution in [-0.2, 0) is 9.53 Å². The van der Waals surface area contributed by atoms with E-state index in [0.29, 0.717) is 6.61 Å². The quantitative estimate of drug-likeness (QED) is 0.501. The van der Waals surface area contributed by atoms with Crippen LogP contribution in [0.1, 0.15) is 0 Å². The maximum absolute atomic E-state index is 9.98. The first-order valence-electron chi connectivity index (χ1n) is 2.46. The van der Waals surface area contributed by atoms with Gasteiger partial charge >= 0.3 is 0 Å². The van der Waals surface area contributed by atoms with E-state index in [1.807, 2.05) is 0 Å². The summed E-state index contributed by atoms with van der Waals surface area (Å²) in [6.07, 6.45) is 0.823. The van der Waals surface area contributed by atoms with Gasteiger partial charge in [0.15, 0.2) is 0 Å². The van der Waals surface area contributed by atoms with Crippen molar-refractivity contribution >= 4 is 6.29 Å². The van der Waals surface area contributed by atoms with E-state index >= 15 is 0 Å². The van der Waals surface area contributed by atoms with Crippen LogP contribution in [0.4, 0.5) is 0 Å². The second-order valence-corrected chi connectivity index (χ2v) is 1.49. The molecule has 48 valence electrons. The Labute approximate surface area is 49.0 Å². The molecule has 1 unspecified atom stereocenters. The van der Waals surface area contributed by atoms with Crippen molar-refractivity contribution in [2.75, 3.05) is 20.8 Å². The Bertz CT molecular complexity index is 65.4. The minimum absolute atomic E-state index is 0.153. The van der Waals surface area contributed by atoms with E-state index in [4.69, 9.17) is 4.74 Å². The fourth-order valence-electron chi connectivity index (χ4n) is 0.370. The Balaban J connectivity index is 3.21. The largest absolute Gasteiger partial charge is 0.383 e. The monoisotopic (exact) mass is 117 g/mol. The van der Waals surface area contributed by atoms with Gasteiger partial charge in [0.1, 0.15) is 6.29 Å². The second-order valence-electron chi connectivity index (χ2n) is 1.49. The van der Waals surface area contributed by atoms with E-state index in [1.54, 1.807) is 14.2 Å². The van der Waals surface area contributed by atoms with Crippen molar-refractivity contribution in [2.24, 2.45) is 0 Å². The van der Waals surface area contributed by atoms with E-state index in [0.717, 1.165) is 6.29 Å². The number of aldehydes is 1. The zero-order valence-electron chi connectivity index (χ0n) is 5.18. The Morgan fingerprint density at radius 3 is 2.62 bits per heavy atom. The molecule has 0 aliphatic rings. The van der Waals surface area contributed by atoms with Crippen molar-refractivity contribution < 1.29 is 9.53 Å². The van der Waals surface area contributed by atoms with Crippen LogP contribution in [0.2, 0.25) is 0 Å². The molecule has 1 atom stereocenters. The summed E-state index contributed by atoms with van der Waals surface area (Å²) in [6.45, 7) is 0.444. The van der Waals surface area contributed by atoms with Crippen molar-refractivity contribution in [2.45, 2.75) is 6.04 Å². The van der Waals surface area contributed by atoms with Gasteiger partial charge in [-0.05, 0) is 7.05 Å². The van der Waals surface area contributed by atoms with Crippen LogP contribution in [0.25, 0.3) is 0 Å². The summed E-state index contributed by atoms with van der Waals surface area (Å²) < 4.78 is 4.69. The van der Waals surface area contributed by atoms with Crippen LogP contribution in [0.15, 0.2) is 0 Å². The first kappa shape index (κ1) is 7.59. The molecule has 0 aromatic carbocycles. The lowest BCUT2D eigenvalue weighted by Gasteiger charge is -2.04. The van der Waals surface area contributed by atoms with Crippen molar-refractivity contribution in [3.05, 3.63) is 0 Å².